The van der Waals surface area contributed by atoms with E-state index in [1.807, 2.05) is 85.1 Å². The van der Waals surface area contributed by atoms with Gasteiger partial charge < -0.3 is 20.1 Å². The molecule has 0 aromatic heterocycles. The van der Waals surface area contributed by atoms with Gasteiger partial charge in [0.15, 0.2) is 0 Å². The number of amides is 2. The van der Waals surface area contributed by atoms with Crippen molar-refractivity contribution in [3.8, 4) is 11.1 Å². The van der Waals surface area contributed by atoms with Gasteiger partial charge in [-0.1, -0.05) is 140 Å². The molecule has 1 aliphatic carbocycles. The minimum atomic E-state index is -1.17. The Hall–Kier alpha value is -4.99. The standard InChI is InChI=1S/C44H44N2O5S2/c1-3-46(40(42(48)49)30-53-44(31-17-7-4-8-18-31,32-19-9-5-10-20-32)33-21-11-6-12-22-33)41(47)39(27-28-52-2)45-43(50)51-29-38-36-25-15-13-23-34(36)35-24-14-16-26-37(35)38/h4-26,38-40H,3,27-30H2,1-2H3,(H,45,50)(H,48,49)/t39-,40-/m0/s1. The molecule has 0 heterocycles. The quantitative estimate of drug-likeness (QED) is 0.0977. The molecular formula is C44H44N2O5S2. The maximum absolute atomic E-state index is 14.4. The van der Waals surface area contributed by atoms with Crippen molar-refractivity contribution < 1.29 is 24.2 Å². The smallest absolute Gasteiger partial charge is 0.407 e. The van der Waals surface area contributed by atoms with Crippen LogP contribution in [-0.4, -0.2) is 71.0 Å². The van der Waals surface area contributed by atoms with Crippen molar-refractivity contribution in [2.45, 2.75) is 36.1 Å². The lowest BCUT2D eigenvalue weighted by molar-refractivity contribution is -0.149. The van der Waals surface area contributed by atoms with Crippen LogP contribution in [0.15, 0.2) is 140 Å². The molecule has 2 atom stereocenters. The molecule has 0 saturated heterocycles. The van der Waals surface area contributed by atoms with E-state index in [0.29, 0.717) is 12.2 Å². The number of likely N-dealkylation sites (N-methyl/N-ethyl adjacent to an activating group) is 1. The summed E-state index contributed by atoms with van der Waals surface area (Å²) in [6.45, 7) is 2.03. The number of carboxylic acid groups (broad SMARTS) is 1. The van der Waals surface area contributed by atoms with Crippen molar-refractivity contribution in [2.24, 2.45) is 0 Å². The Bertz CT molecular complexity index is 1850. The summed E-state index contributed by atoms with van der Waals surface area (Å²) < 4.78 is 5.05. The molecule has 1 aliphatic rings. The number of rotatable bonds is 16. The lowest BCUT2D eigenvalue weighted by atomic mass is 9.84. The number of thioether (sulfide) groups is 2. The molecule has 0 spiro atoms. The third kappa shape index (κ3) is 8.16. The molecule has 7 nitrogen and oxygen atoms in total. The summed E-state index contributed by atoms with van der Waals surface area (Å²) >= 11 is 3.04. The largest absolute Gasteiger partial charge is 0.480 e. The molecule has 5 aromatic rings. The zero-order chi connectivity index (χ0) is 37.2. The van der Waals surface area contributed by atoms with Gasteiger partial charge in [0.1, 0.15) is 18.7 Å². The van der Waals surface area contributed by atoms with E-state index >= 15 is 0 Å². The second kappa shape index (κ2) is 17.7. The first-order chi connectivity index (χ1) is 25.9. The summed E-state index contributed by atoms with van der Waals surface area (Å²) in [5, 5.41) is 13.5. The third-order valence-electron chi connectivity index (χ3n) is 9.83. The Morgan fingerprint density at radius 1 is 0.755 bits per heavy atom. The number of carboxylic acids is 1. The number of aliphatic carboxylic acids is 1. The van der Waals surface area contributed by atoms with E-state index in [-0.39, 0.29) is 24.8 Å². The lowest BCUT2D eigenvalue weighted by Crippen LogP contribution is -2.55. The maximum Gasteiger partial charge on any atom is 0.407 e. The molecule has 0 radical (unpaired) electrons. The predicted molar refractivity (Wildman–Crippen MR) is 215 cm³/mol. The van der Waals surface area contributed by atoms with Crippen molar-refractivity contribution in [2.75, 3.05) is 30.9 Å². The summed E-state index contributed by atoms with van der Waals surface area (Å²) in [6, 6.07) is 44.2. The Morgan fingerprint density at radius 2 is 1.23 bits per heavy atom. The van der Waals surface area contributed by atoms with E-state index in [1.54, 1.807) is 18.7 Å². The van der Waals surface area contributed by atoms with Gasteiger partial charge >= 0.3 is 12.1 Å². The van der Waals surface area contributed by atoms with E-state index in [4.69, 9.17) is 4.74 Å². The third-order valence-corrected chi connectivity index (χ3v) is 12.1. The number of carbonyl (C=O) groups excluding carboxylic acids is 2. The Morgan fingerprint density at radius 3 is 1.68 bits per heavy atom. The highest BCUT2D eigenvalue weighted by Gasteiger charge is 2.41. The molecular weight excluding hydrogens is 701 g/mol. The zero-order valence-electron chi connectivity index (χ0n) is 29.9. The van der Waals surface area contributed by atoms with Crippen LogP contribution in [0.25, 0.3) is 11.1 Å². The first kappa shape index (κ1) is 37.8. The van der Waals surface area contributed by atoms with Crippen molar-refractivity contribution in [1.29, 1.82) is 0 Å². The molecule has 53 heavy (non-hydrogen) atoms. The van der Waals surface area contributed by atoms with Crippen molar-refractivity contribution in [3.63, 3.8) is 0 Å². The SMILES string of the molecule is CCN(C(=O)[C@H](CCSC)NC(=O)OCC1c2ccccc2-c2ccccc21)[C@@H](CSC(c1ccccc1)(c1ccccc1)c1ccccc1)C(=O)O. The highest BCUT2D eigenvalue weighted by molar-refractivity contribution is 8.00. The maximum atomic E-state index is 14.4. The van der Waals surface area contributed by atoms with E-state index in [9.17, 15) is 19.5 Å². The van der Waals surface area contributed by atoms with E-state index < -0.39 is 34.8 Å². The van der Waals surface area contributed by atoms with Crippen LogP contribution in [0.4, 0.5) is 4.79 Å². The van der Waals surface area contributed by atoms with Crippen LogP contribution < -0.4 is 5.32 Å². The number of hydrogen-bond donors (Lipinski definition) is 2. The Labute approximate surface area is 320 Å². The highest BCUT2D eigenvalue weighted by Crippen LogP contribution is 2.49. The number of nitrogens with zero attached hydrogens (tertiary/aromatic N) is 1. The summed E-state index contributed by atoms with van der Waals surface area (Å²) in [6.07, 6.45) is 1.54. The average Bonchev–Trinajstić information content (AvgIpc) is 3.52. The highest BCUT2D eigenvalue weighted by atomic mass is 32.2. The van der Waals surface area contributed by atoms with Gasteiger partial charge in [-0.25, -0.2) is 9.59 Å². The number of alkyl carbamates (subject to hydrolysis) is 1. The van der Waals surface area contributed by atoms with Gasteiger partial charge in [-0.15, -0.1) is 11.8 Å². The topological polar surface area (TPSA) is 95.9 Å². The number of nitrogens with one attached hydrogen (secondary N) is 1. The molecule has 0 fully saturated rings. The molecule has 0 bridgehead atoms. The van der Waals surface area contributed by atoms with Crippen molar-refractivity contribution in [1.82, 2.24) is 10.2 Å². The lowest BCUT2D eigenvalue weighted by Gasteiger charge is -2.38. The summed E-state index contributed by atoms with van der Waals surface area (Å²) in [5.74, 6) is -1.02. The summed E-state index contributed by atoms with van der Waals surface area (Å²) in [7, 11) is 0. The van der Waals surface area contributed by atoms with Crippen molar-refractivity contribution in [3.05, 3.63) is 167 Å². The molecule has 272 valence electrons. The fraction of sp³-hybridized carbons (Fsp3) is 0.250. The number of ether oxygens (including phenoxy) is 1. The number of fused-ring (bicyclic) bond motifs is 3. The van der Waals surface area contributed by atoms with Crippen LogP contribution in [0, 0.1) is 0 Å². The molecule has 2 amide bonds. The minimum absolute atomic E-state index is 0.0911. The van der Waals surface area contributed by atoms with E-state index in [1.165, 1.54) is 16.7 Å². The van der Waals surface area contributed by atoms with Gasteiger partial charge in [0, 0.05) is 18.2 Å². The number of hydrogen-bond acceptors (Lipinski definition) is 6. The van der Waals surface area contributed by atoms with Crippen LogP contribution in [0.5, 0.6) is 0 Å². The summed E-state index contributed by atoms with van der Waals surface area (Å²) in [4.78, 5) is 42.3. The van der Waals surface area contributed by atoms with Crippen molar-refractivity contribution >= 4 is 41.5 Å². The Balaban J connectivity index is 1.23. The van der Waals surface area contributed by atoms with E-state index in [2.05, 4.69) is 66.0 Å². The van der Waals surface area contributed by atoms with Gasteiger partial charge in [0.2, 0.25) is 5.91 Å². The van der Waals surface area contributed by atoms with Crippen LogP contribution in [0.2, 0.25) is 0 Å². The fourth-order valence-corrected chi connectivity index (χ4v) is 9.38. The number of carbonyl (C=O) groups is 3. The van der Waals surface area contributed by atoms with Gasteiger partial charge in [-0.05, 0) is 64.3 Å². The molecule has 5 aromatic carbocycles. The van der Waals surface area contributed by atoms with Gasteiger partial charge in [-0.2, -0.15) is 11.8 Å². The van der Waals surface area contributed by atoms with Gasteiger partial charge in [0.05, 0.1) is 4.75 Å². The molecule has 0 aliphatic heterocycles. The monoisotopic (exact) mass is 744 g/mol. The number of benzene rings is 5. The van der Waals surface area contributed by atoms with Crippen LogP contribution in [0.1, 0.15) is 47.1 Å². The minimum Gasteiger partial charge on any atom is -0.480 e. The molecule has 6 rings (SSSR count). The zero-order valence-corrected chi connectivity index (χ0v) is 31.5. The summed E-state index contributed by atoms with van der Waals surface area (Å²) in [5.41, 5.74) is 7.41. The van der Waals surface area contributed by atoms with E-state index in [0.717, 1.165) is 38.9 Å². The van der Waals surface area contributed by atoms with Gasteiger partial charge in [0.25, 0.3) is 0 Å². The first-order valence-electron chi connectivity index (χ1n) is 17.8. The predicted octanol–water partition coefficient (Wildman–Crippen LogP) is 8.67. The second-order valence-corrected chi connectivity index (χ2v) is 15.1. The first-order valence-corrected chi connectivity index (χ1v) is 20.2. The van der Waals surface area contributed by atoms with Crippen LogP contribution >= 0.6 is 23.5 Å². The second-order valence-electron chi connectivity index (χ2n) is 12.9. The Kier molecular flexibility index (Phi) is 12.6. The normalized spacial score (nSPS) is 13.3. The van der Waals surface area contributed by atoms with Gasteiger partial charge in [-0.3, -0.25) is 4.79 Å². The molecule has 0 saturated carbocycles. The molecule has 2 N–H and O–H groups in total. The fourth-order valence-electron chi connectivity index (χ4n) is 7.27. The average molecular weight is 745 g/mol. The van der Waals surface area contributed by atoms with Crippen LogP contribution in [-0.2, 0) is 19.1 Å². The molecule has 0 unspecified atom stereocenters. The molecule has 9 heteroatoms. The van der Waals surface area contributed by atoms with Crippen LogP contribution in [0.3, 0.4) is 0 Å².